The lowest BCUT2D eigenvalue weighted by Crippen LogP contribution is -3.14. The second kappa shape index (κ2) is 6.52. The maximum absolute atomic E-state index is 12.5. The van der Waals surface area contributed by atoms with Gasteiger partial charge in [0.25, 0.3) is 0 Å². The van der Waals surface area contributed by atoms with Gasteiger partial charge in [-0.3, -0.25) is 0 Å². The van der Waals surface area contributed by atoms with E-state index in [-0.39, 0.29) is 0 Å². The first kappa shape index (κ1) is 15.2. The Morgan fingerprint density at radius 1 is 1.20 bits per heavy atom. The van der Waals surface area contributed by atoms with Crippen LogP contribution in [0.2, 0.25) is 0 Å². The number of piperazine rings is 1. The quantitative estimate of drug-likeness (QED) is 0.824. The van der Waals surface area contributed by atoms with Crippen LogP contribution in [0.1, 0.15) is 13.8 Å². The Morgan fingerprint density at radius 2 is 1.80 bits per heavy atom. The van der Waals surface area contributed by atoms with Crippen molar-refractivity contribution in [3.8, 4) is 0 Å². The number of hydrogen-bond donors (Lipinski definition) is 1. The number of quaternary nitrogens is 1. The molecule has 0 bridgehead atoms. The molecule has 0 aliphatic carbocycles. The van der Waals surface area contributed by atoms with E-state index in [4.69, 9.17) is 0 Å². The third-order valence-corrected chi connectivity index (χ3v) is 5.52. The highest BCUT2D eigenvalue weighted by Gasteiger charge is 2.29. The Morgan fingerprint density at radius 3 is 2.35 bits per heavy atom. The van der Waals surface area contributed by atoms with Crippen molar-refractivity contribution in [2.75, 3.05) is 32.7 Å². The van der Waals surface area contributed by atoms with Crippen molar-refractivity contribution in [1.82, 2.24) is 4.31 Å². The van der Waals surface area contributed by atoms with Crippen LogP contribution in [0, 0.1) is 0 Å². The van der Waals surface area contributed by atoms with Crippen molar-refractivity contribution >= 4 is 10.0 Å². The molecule has 0 unspecified atom stereocenters. The summed E-state index contributed by atoms with van der Waals surface area (Å²) < 4.78 is 26.5. The molecule has 110 valence electrons. The largest absolute Gasteiger partial charge is 0.329 e. The van der Waals surface area contributed by atoms with Crippen LogP contribution in [-0.4, -0.2) is 45.4 Å². The number of rotatable bonds is 4. The Balaban J connectivity index is 1.99. The number of sulfonamides is 1. The van der Waals surface area contributed by atoms with Crippen LogP contribution in [0.15, 0.2) is 46.9 Å². The summed E-state index contributed by atoms with van der Waals surface area (Å²) in [6, 6.07) is 8.70. The van der Waals surface area contributed by atoms with E-state index in [1.54, 1.807) is 28.6 Å². The van der Waals surface area contributed by atoms with E-state index in [1.807, 2.05) is 6.07 Å². The van der Waals surface area contributed by atoms with E-state index in [0.29, 0.717) is 18.0 Å². The van der Waals surface area contributed by atoms with Gasteiger partial charge in [0.1, 0.15) is 0 Å². The first-order chi connectivity index (χ1) is 9.50. The van der Waals surface area contributed by atoms with Gasteiger partial charge in [-0.2, -0.15) is 4.31 Å². The van der Waals surface area contributed by atoms with E-state index in [9.17, 15) is 8.42 Å². The molecule has 1 aliphatic rings. The van der Waals surface area contributed by atoms with Gasteiger partial charge in [0.15, 0.2) is 0 Å². The van der Waals surface area contributed by atoms with Crippen LogP contribution in [0.4, 0.5) is 0 Å². The molecule has 1 aliphatic heterocycles. The van der Waals surface area contributed by atoms with Gasteiger partial charge >= 0.3 is 0 Å². The molecular weight excluding hydrogens is 272 g/mol. The molecule has 0 saturated carbocycles. The summed E-state index contributed by atoms with van der Waals surface area (Å²) in [6.07, 6.45) is 2.22. The molecule has 4 nitrogen and oxygen atoms in total. The van der Waals surface area contributed by atoms with Crippen LogP contribution in [0.3, 0.4) is 0 Å². The van der Waals surface area contributed by atoms with Crippen LogP contribution in [0.25, 0.3) is 0 Å². The molecule has 1 N–H and O–H groups in total. The third-order valence-electron chi connectivity index (χ3n) is 3.61. The van der Waals surface area contributed by atoms with Gasteiger partial charge in [0.2, 0.25) is 10.0 Å². The van der Waals surface area contributed by atoms with Gasteiger partial charge in [0.05, 0.1) is 37.6 Å². The minimum atomic E-state index is -3.31. The average molecular weight is 295 g/mol. The van der Waals surface area contributed by atoms with Gasteiger partial charge in [-0.1, -0.05) is 23.8 Å². The van der Waals surface area contributed by atoms with Crippen molar-refractivity contribution in [1.29, 1.82) is 0 Å². The van der Waals surface area contributed by atoms with Crippen molar-refractivity contribution in [2.45, 2.75) is 18.7 Å². The lowest BCUT2D eigenvalue weighted by molar-refractivity contribution is -0.897. The Bertz CT molecular complexity index is 555. The first-order valence-electron chi connectivity index (χ1n) is 7.02. The van der Waals surface area contributed by atoms with Crippen LogP contribution in [-0.2, 0) is 10.0 Å². The molecule has 20 heavy (non-hydrogen) atoms. The highest BCUT2D eigenvalue weighted by molar-refractivity contribution is 7.89. The van der Waals surface area contributed by atoms with Crippen molar-refractivity contribution < 1.29 is 13.3 Å². The summed E-state index contributed by atoms with van der Waals surface area (Å²) in [5.74, 6) is 0. The fraction of sp³-hybridized carbons (Fsp3) is 0.467. The number of allylic oxidation sites excluding steroid dienone is 1. The fourth-order valence-corrected chi connectivity index (χ4v) is 3.80. The van der Waals surface area contributed by atoms with E-state index in [0.717, 1.165) is 19.6 Å². The predicted octanol–water partition coefficient (Wildman–Crippen LogP) is 0.542. The molecule has 1 fully saturated rings. The normalized spacial score (nSPS) is 17.9. The van der Waals surface area contributed by atoms with E-state index < -0.39 is 10.0 Å². The van der Waals surface area contributed by atoms with E-state index >= 15 is 0 Å². The zero-order valence-electron chi connectivity index (χ0n) is 12.2. The molecule has 2 rings (SSSR count). The van der Waals surface area contributed by atoms with Crippen molar-refractivity contribution in [3.63, 3.8) is 0 Å². The lowest BCUT2D eigenvalue weighted by atomic mass is 10.3. The summed E-state index contributed by atoms with van der Waals surface area (Å²) >= 11 is 0. The SMILES string of the molecule is CC(C)=CC[NH+]1CCN(S(=O)(=O)c2ccccc2)CC1. The second-order valence-electron chi connectivity index (χ2n) is 5.45. The summed E-state index contributed by atoms with van der Waals surface area (Å²) in [4.78, 5) is 1.85. The minimum Gasteiger partial charge on any atom is -0.329 e. The Hall–Kier alpha value is -1.17. The van der Waals surface area contributed by atoms with E-state index in [1.165, 1.54) is 10.5 Å². The monoisotopic (exact) mass is 295 g/mol. The molecule has 1 aromatic carbocycles. The minimum absolute atomic E-state index is 0.396. The van der Waals surface area contributed by atoms with Gasteiger partial charge in [-0.25, -0.2) is 8.42 Å². The predicted molar refractivity (Wildman–Crippen MR) is 80.2 cm³/mol. The molecule has 0 spiro atoms. The van der Waals surface area contributed by atoms with Gasteiger partial charge in [-0.05, 0) is 32.1 Å². The van der Waals surface area contributed by atoms with Crippen LogP contribution >= 0.6 is 0 Å². The molecule has 0 atom stereocenters. The standard InChI is InChI=1S/C15H22N2O2S/c1-14(2)8-9-16-10-12-17(13-11-16)20(18,19)15-6-4-3-5-7-15/h3-8H,9-13H2,1-2H3/p+1. The first-order valence-corrected chi connectivity index (χ1v) is 8.46. The van der Waals surface area contributed by atoms with E-state index in [2.05, 4.69) is 19.9 Å². The molecule has 5 heteroatoms. The molecule has 0 radical (unpaired) electrons. The van der Waals surface area contributed by atoms with Gasteiger partial charge in [-0.15, -0.1) is 0 Å². The molecule has 1 saturated heterocycles. The summed E-state index contributed by atoms with van der Waals surface area (Å²) in [7, 11) is -3.31. The number of nitrogens with zero attached hydrogens (tertiary/aromatic N) is 1. The topological polar surface area (TPSA) is 41.8 Å². The van der Waals surface area contributed by atoms with Gasteiger partial charge < -0.3 is 4.90 Å². The fourth-order valence-electron chi connectivity index (χ4n) is 2.34. The maximum Gasteiger partial charge on any atom is 0.243 e. The van der Waals surface area contributed by atoms with Gasteiger partial charge in [0, 0.05) is 0 Å². The highest BCUT2D eigenvalue weighted by atomic mass is 32.2. The highest BCUT2D eigenvalue weighted by Crippen LogP contribution is 2.14. The molecular formula is C15H23N2O2S+. The smallest absolute Gasteiger partial charge is 0.243 e. The molecule has 0 aromatic heterocycles. The second-order valence-corrected chi connectivity index (χ2v) is 7.39. The average Bonchev–Trinajstić information content (AvgIpc) is 2.46. The number of nitrogens with one attached hydrogen (secondary N) is 1. The number of hydrogen-bond acceptors (Lipinski definition) is 2. The van der Waals surface area contributed by atoms with Crippen LogP contribution < -0.4 is 4.90 Å². The summed E-state index contributed by atoms with van der Waals surface area (Å²) in [6.45, 7) is 8.12. The van der Waals surface area contributed by atoms with Crippen molar-refractivity contribution in [2.24, 2.45) is 0 Å². The summed E-state index contributed by atoms with van der Waals surface area (Å²) in [5, 5.41) is 0. The molecule has 1 heterocycles. The Kier molecular flexibility index (Phi) is 4.96. The molecule has 0 amide bonds. The maximum atomic E-state index is 12.5. The van der Waals surface area contributed by atoms with Crippen LogP contribution in [0.5, 0.6) is 0 Å². The number of benzene rings is 1. The summed E-state index contributed by atoms with van der Waals surface area (Å²) in [5.41, 5.74) is 1.32. The van der Waals surface area contributed by atoms with Crippen molar-refractivity contribution in [3.05, 3.63) is 42.0 Å². The molecule has 1 aromatic rings. The zero-order chi connectivity index (χ0) is 14.6. The Labute approximate surface area is 121 Å². The lowest BCUT2D eigenvalue weighted by Gasteiger charge is -2.31. The third kappa shape index (κ3) is 3.69. The zero-order valence-corrected chi connectivity index (χ0v) is 13.0.